The van der Waals surface area contributed by atoms with Crippen LogP contribution in [0.5, 0.6) is 0 Å². The number of hydrogen-bond acceptors (Lipinski definition) is 0. The van der Waals surface area contributed by atoms with E-state index in [1.165, 1.54) is 0 Å². The zero-order valence-electron chi connectivity index (χ0n) is 10.7. The molecule has 0 aromatic rings. The maximum Gasteiger partial charge on any atom is 4.00 e. The molecule has 0 unspecified atom stereocenters. The van der Waals surface area contributed by atoms with Crippen LogP contribution in [0.25, 0.3) is 0 Å². The van der Waals surface area contributed by atoms with Gasteiger partial charge in [0.25, 0.3) is 0 Å². The quantitative estimate of drug-likeness (QED) is 0.594. The summed E-state index contributed by atoms with van der Waals surface area (Å²) in [4.78, 5) is 0. The molecule has 0 saturated carbocycles. The molecule has 0 aromatic heterocycles. The van der Waals surface area contributed by atoms with Crippen molar-refractivity contribution in [2.75, 3.05) is 0 Å². The third-order valence-electron chi connectivity index (χ3n) is 0. The smallest absolute Gasteiger partial charge is 1.00 e. The van der Waals surface area contributed by atoms with Gasteiger partial charge >= 0.3 is 26.2 Å². The van der Waals surface area contributed by atoms with Crippen molar-refractivity contribution in [1.29, 1.82) is 0 Å². The van der Waals surface area contributed by atoms with Crippen molar-refractivity contribution in [3.05, 3.63) is 20.8 Å². The Bertz CT molecular complexity index is 38.8. The fourth-order valence-corrected chi connectivity index (χ4v) is 0. The molecule has 0 atom stereocenters. The van der Waals surface area contributed by atoms with Gasteiger partial charge in [-0.3, -0.25) is 0 Å². The first-order valence-corrected chi connectivity index (χ1v) is 4.69. The van der Waals surface area contributed by atoms with Crippen LogP contribution in [0.15, 0.2) is 0 Å². The molecule has 2 heteroatoms. The summed E-state index contributed by atoms with van der Waals surface area (Å²) in [6, 6.07) is 0. The minimum atomic E-state index is 0. The number of hydrogen-bond donors (Lipinski definition) is 0. The Morgan fingerprint density at radius 1 is 0.571 bits per heavy atom. The van der Waals surface area contributed by atoms with Gasteiger partial charge in [-0.1, -0.05) is 41.5 Å². The topological polar surface area (TPSA) is 0 Å². The van der Waals surface area contributed by atoms with E-state index in [-0.39, 0.29) is 38.6 Å². The van der Waals surface area contributed by atoms with Crippen LogP contribution in [0.4, 0.5) is 0 Å². The van der Waals surface area contributed by atoms with Crippen LogP contribution in [0.2, 0.25) is 0 Å². The molecule has 0 N–H and O–H groups in total. The molecule has 0 aliphatic heterocycles. The van der Waals surface area contributed by atoms with Crippen LogP contribution in [-0.2, 0) is 26.2 Å². The van der Waals surface area contributed by atoms with Crippen LogP contribution in [-0.4, -0.2) is 0 Å². The second kappa shape index (κ2) is 23.8. The third-order valence-corrected chi connectivity index (χ3v) is 0. The Labute approximate surface area is 118 Å². The van der Waals surface area contributed by atoms with E-state index in [4.69, 9.17) is 0 Å². The van der Waals surface area contributed by atoms with Crippen LogP contribution in [0.1, 0.15) is 41.5 Å². The minimum absolute atomic E-state index is 0. The molecule has 0 aliphatic rings. The zero-order chi connectivity index (χ0) is 10.7. The standard InChI is InChI=1S/3C4H9.ClH.Zr/c3*1-4(2)3;;/h3*4H,1H2,2-3H3;1H;/q3*-1;;+4/p-1. The SMILES string of the molecule is [CH2-]C(C)C.[CH2-]C(C)C.[CH2-]C(C)C.[Cl-].[Zr+4]. The van der Waals surface area contributed by atoms with Crippen LogP contribution in [0.3, 0.4) is 0 Å². The van der Waals surface area contributed by atoms with Gasteiger partial charge in [0.2, 0.25) is 0 Å². The maximum atomic E-state index is 3.64. The summed E-state index contributed by atoms with van der Waals surface area (Å²) in [5.41, 5.74) is 0. The predicted molar refractivity (Wildman–Crippen MR) is 60.6 cm³/mol. The van der Waals surface area contributed by atoms with Crippen LogP contribution < -0.4 is 12.4 Å². The Morgan fingerprint density at radius 2 is 0.571 bits per heavy atom. The van der Waals surface area contributed by atoms with Crippen LogP contribution in [0, 0.1) is 38.5 Å². The Hall–Kier alpha value is 1.17. The van der Waals surface area contributed by atoms with Gasteiger partial charge in [-0.25, -0.2) is 0 Å². The third kappa shape index (κ3) is 1420. The summed E-state index contributed by atoms with van der Waals surface area (Å²) in [6.45, 7) is 23.2. The van der Waals surface area contributed by atoms with Crippen molar-refractivity contribution in [2.24, 2.45) is 17.8 Å². The predicted octanol–water partition coefficient (Wildman–Crippen LogP) is 1.43. The molecule has 86 valence electrons. The van der Waals surface area contributed by atoms with E-state index in [1.807, 2.05) is 0 Å². The summed E-state index contributed by atoms with van der Waals surface area (Å²) >= 11 is 0. The molecule has 0 bridgehead atoms. The average molecular weight is 298 g/mol. The summed E-state index contributed by atoms with van der Waals surface area (Å²) in [7, 11) is 0. The van der Waals surface area contributed by atoms with E-state index < -0.39 is 0 Å². The Morgan fingerprint density at radius 3 is 0.571 bits per heavy atom. The van der Waals surface area contributed by atoms with E-state index in [0.717, 1.165) is 0 Å². The van der Waals surface area contributed by atoms with Gasteiger partial charge in [0, 0.05) is 0 Å². The van der Waals surface area contributed by atoms with Crippen molar-refractivity contribution in [3.8, 4) is 0 Å². The molecule has 0 fully saturated rings. The average Bonchev–Trinajstić information content (AvgIpc) is 1.54. The first-order valence-electron chi connectivity index (χ1n) is 4.69. The maximum absolute atomic E-state index is 3.64. The molecule has 0 heterocycles. The van der Waals surface area contributed by atoms with Gasteiger partial charge in [-0.05, 0) is 0 Å². The molecular formula is C12H27ClZr. The van der Waals surface area contributed by atoms with Crippen molar-refractivity contribution >= 4 is 0 Å². The van der Waals surface area contributed by atoms with Gasteiger partial charge in [-0.15, -0.1) is 0 Å². The molecule has 0 saturated heterocycles. The fraction of sp³-hybridized carbons (Fsp3) is 0.750. The molecule has 14 heavy (non-hydrogen) atoms. The molecule has 0 aliphatic carbocycles. The molecule has 0 aromatic carbocycles. The van der Waals surface area contributed by atoms with E-state index in [2.05, 4.69) is 62.3 Å². The van der Waals surface area contributed by atoms with Gasteiger partial charge in [0.05, 0.1) is 0 Å². The monoisotopic (exact) mass is 296 g/mol. The fourth-order valence-electron chi connectivity index (χ4n) is 0. The zero-order valence-corrected chi connectivity index (χ0v) is 13.9. The number of rotatable bonds is 0. The Kier molecular flexibility index (Phi) is 50.0. The molecule has 0 radical (unpaired) electrons. The normalized spacial score (nSPS) is 7.71. The van der Waals surface area contributed by atoms with Crippen molar-refractivity contribution in [1.82, 2.24) is 0 Å². The molecular weight excluding hydrogens is 271 g/mol. The minimum Gasteiger partial charge on any atom is -1.00 e. The number of halogens is 1. The summed E-state index contributed by atoms with van der Waals surface area (Å²) in [5, 5.41) is 0. The van der Waals surface area contributed by atoms with Gasteiger partial charge in [0.1, 0.15) is 0 Å². The van der Waals surface area contributed by atoms with E-state index in [1.54, 1.807) is 0 Å². The molecule has 0 rings (SSSR count). The molecule has 0 amide bonds. The molecule has 0 nitrogen and oxygen atoms in total. The summed E-state index contributed by atoms with van der Waals surface area (Å²) in [6.07, 6.45) is 0. The van der Waals surface area contributed by atoms with Crippen molar-refractivity contribution in [2.45, 2.75) is 41.5 Å². The second-order valence-corrected chi connectivity index (χ2v) is 4.18. The van der Waals surface area contributed by atoms with Gasteiger partial charge in [-0.2, -0.15) is 17.8 Å². The molecule has 0 spiro atoms. The van der Waals surface area contributed by atoms with Crippen molar-refractivity contribution < 1.29 is 38.6 Å². The summed E-state index contributed by atoms with van der Waals surface area (Å²) in [5.74, 6) is 1.75. The van der Waals surface area contributed by atoms with E-state index in [0.29, 0.717) is 17.8 Å². The van der Waals surface area contributed by atoms with Gasteiger partial charge in [0.15, 0.2) is 0 Å². The van der Waals surface area contributed by atoms with E-state index >= 15 is 0 Å². The van der Waals surface area contributed by atoms with Crippen LogP contribution >= 0.6 is 0 Å². The second-order valence-electron chi connectivity index (χ2n) is 4.18. The largest absolute Gasteiger partial charge is 4.00 e. The summed E-state index contributed by atoms with van der Waals surface area (Å²) < 4.78 is 0. The van der Waals surface area contributed by atoms with Gasteiger partial charge < -0.3 is 33.2 Å². The van der Waals surface area contributed by atoms with E-state index in [9.17, 15) is 0 Å². The Balaban J connectivity index is -0.0000000270. The van der Waals surface area contributed by atoms with Crippen molar-refractivity contribution in [3.63, 3.8) is 0 Å². The first kappa shape index (κ1) is 29.5. The first-order chi connectivity index (χ1) is 5.20.